The number of hydrogen-bond donors (Lipinski definition) is 2. The fraction of sp³-hybridized carbons (Fsp3) is 0.647. The van der Waals surface area contributed by atoms with E-state index in [1.54, 1.807) is 0 Å². The minimum Gasteiger partial charge on any atom is -0.394 e. The zero-order chi connectivity index (χ0) is 15.7. The molecule has 0 aliphatic carbocycles. The quantitative estimate of drug-likeness (QED) is 0.691. The maximum atomic E-state index is 10.0. The second-order valence-electron chi connectivity index (χ2n) is 5.79. The van der Waals surface area contributed by atoms with E-state index in [9.17, 15) is 5.11 Å². The molecule has 0 radical (unpaired) electrons. The van der Waals surface area contributed by atoms with Crippen molar-refractivity contribution in [3.63, 3.8) is 0 Å². The third kappa shape index (κ3) is 5.75. The van der Waals surface area contributed by atoms with Crippen LogP contribution < -0.4 is 5.32 Å². The molecule has 0 spiro atoms. The Morgan fingerprint density at radius 1 is 1.29 bits per heavy atom. The molecule has 0 fully saturated rings. The van der Waals surface area contributed by atoms with Crippen LogP contribution in [0.1, 0.15) is 26.3 Å². The Bertz CT molecular complexity index is 384. The van der Waals surface area contributed by atoms with Crippen molar-refractivity contribution in [1.82, 2.24) is 10.2 Å². The number of likely N-dealkylation sites (N-methyl/N-ethyl adjacent to an activating group) is 2. The van der Waals surface area contributed by atoms with Gasteiger partial charge in [-0.3, -0.25) is 0 Å². The molecule has 4 nitrogen and oxygen atoms in total. The predicted molar refractivity (Wildman–Crippen MR) is 87.5 cm³/mol. The topological polar surface area (TPSA) is 44.7 Å². The van der Waals surface area contributed by atoms with Gasteiger partial charge in [-0.25, -0.2) is 0 Å². The molecule has 1 atom stereocenters. The summed E-state index contributed by atoms with van der Waals surface area (Å²) in [5.74, 6) is 0. The van der Waals surface area contributed by atoms with E-state index in [1.165, 1.54) is 0 Å². The molecule has 0 aliphatic rings. The van der Waals surface area contributed by atoms with Crippen molar-refractivity contribution < 1.29 is 9.84 Å². The Balaban J connectivity index is 2.74. The smallest absolute Gasteiger partial charge is 0.0797 e. The highest BCUT2D eigenvalue weighted by atomic mass is 16.5. The number of ether oxygens (including phenoxy) is 1. The zero-order valence-corrected chi connectivity index (χ0v) is 13.8. The summed E-state index contributed by atoms with van der Waals surface area (Å²) >= 11 is 0. The third-order valence-electron chi connectivity index (χ3n) is 3.58. The molecule has 0 bridgehead atoms. The molecule has 1 aromatic carbocycles. The van der Waals surface area contributed by atoms with Crippen LogP contribution in [-0.2, 0) is 10.3 Å². The van der Waals surface area contributed by atoms with E-state index in [4.69, 9.17) is 4.74 Å². The van der Waals surface area contributed by atoms with E-state index in [-0.39, 0.29) is 12.7 Å². The first kappa shape index (κ1) is 18.1. The molecule has 0 saturated heterocycles. The van der Waals surface area contributed by atoms with Gasteiger partial charge < -0.3 is 20.1 Å². The fourth-order valence-electron chi connectivity index (χ4n) is 2.53. The SMILES string of the molecule is CCNC(CO)(CN(C)CCOC(C)C)c1ccccc1. The summed E-state index contributed by atoms with van der Waals surface area (Å²) in [5.41, 5.74) is 0.689. The van der Waals surface area contributed by atoms with Crippen molar-refractivity contribution in [2.24, 2.45) is 0 Å². The van der Waals surface area contributed by atoms with Crippen molar-refractivity contribution in [3.05, 3.63) is 35.9 Å². The average molecular weight is 294 g/mol. The molecule has 0 heterocycles. The van der Waals surface area contributed by atoms with Crippen LogP contribution in [0.4, 0.5) is 0 Å². The van der Waals surface area contributed by atoms with Crippen LogP contribution in [0.5, 0.6) is 0 Å². The van der Waals surface area contributed by atoms with E-state index in [0.29, 0.717) is 6.61 Å². The lowest BCUT2D eigenvalue weighted by atomic mass is 9.90. The maximum Gasteiger partial charge on any atom is 0.0797 e. The third-order valence-corrected chi connectivity index (χ3v) is 3.58. The van der Waals surface area contributed by atoms with Gasteiger partial charge in [-0.15, -0.1) is 0 Å². The van der Waals surface area contributed by atoms with Gasteiger partial charge in [-0.05, 0) is 33.0 Å². The van der Waals surface area contributed by atoms with E-state index in [1.807, 2.05) is 32.0 Å². The second-order valence-corrected chi connectivity index (χ2v) is 5.79. The molecule has 1 unspecified atom stereocenters. The Morgan fingerprint density at radius 2 is 1.95 bits per heavy atom. The lowest BCUT2D eigenvalue weighted by Crippen LogP contribution is -2.53. The van der Waals surface area contributed by atoms with Crippen molar-refractivity contribution in [1.29, 1.82) is 0 Å². The van der Waals surface area contributed by atoms with E-state index < -0.39 is 5.54 Å². The van der Waals surface area contributed by atoms with Gasteiger partial charge in [0.15, 0.2) is 0 Å². The first-order valence-electron chi connectivity index (χ1n) is 7.75. The molecule has 120 valence electrons. The second kappa shape index (κ2) is 9.15. The summed E-state index contributed by atoms with van der Waals surface area (Å²) in [6.07, 6.45) is 0.254. The van der Waals surface area contributed by atoms with Gasteiger partial charge in [0, 0.05) is 13.1 Å². The van der Waals surface area contributed by atoms with Gasteiger partial charge in [0.2, 0.25) is 0 Å². The lowest BCUT2D eigenvalue weighted by molar-refractivity contribution is 0.0511. The molecule has 2 N–H and O–H groups in total. The van der Waals surface area contributed by atoms with Gasteiger partial charge in [0.1, 0.15) is 0 Å². The van der Waals surface area contributed by atoms with E-state index >= 15 is 0 Å². The van der Waals surface area contributed by atoms with Gasteiger partial charge in [0.25, 0.3) is 0 Å². The van der Waals surface area contributed by atoms with Crippen molar-refractivity contribution in [2.45, 2.75) is 32.4 Å². The molecular weight excluding hydrogens is 264 g/mol. The highest BCUT2D eigenvalue weighted by molar-refractivity contribution is 5.25. The molecule has 21 heavy (non-hydrogen) atoms. The number of hydrogen-bond acceptors (Lipinski definition) is 4. The normalized spacial score (nSPS) is 14.6. The predicted octanol–water partition coefficient (Wildman–Crippen LogP) is 1.84. The van der Waals surface area contributed by atoms with Crippen molar-refractivity contribution in [2.75, 3.05) is 39.9 Å². The standard InChI is InChI=1S/C17H30N2O2/c1-5-18-17(14-20,16-9-7-6-8-10-16)13-19(4)11-12-21-15(2)3/h6-10,15,18,20H,5,11-14H2,1-4H3. The number of benzene rings is 1. The van der Waals surface area contributed by atoms with Gasteiger partial charge in [-0.2, -0.15) is 0 Å². The summed E-state index contributed by atoms with van der Waals surface area (Å²) in [4.78, 5) is 2.20. The summed E-state index contributed by atoms with van der Waals surface area (Å²) in [6.45, 7) is 9.32. The van der Waals surface area contributed by atoms with E-state index in [0.717, 1.165) is 25.2 Å². The highest BCUT2D eigenvalue weighted by Gasteiger charge is 2.31. The number of aliphatic hydroxyl groups excluding tert-OH is 1. The Kier molecular flexibility index (Phi) is 7.89. The van der Waals surface area contributed by atoms with Crippen LogP contribution >= 0.6 is 0 Å². The number of nitrogens with zero attached hydrogens (tertiary/aromatic N) is 1. The Morgan fingerprint density at radius 3 is 2.48 bits per heavy atom. The summed E-state index contributed by atoms with van der Waals surface area (Å²) in [5, 5.41) is 13.5. The van der Waals surface area contributed by atoms with Crippen molar-refractivity contribution in [3.8, 4) is 0 Å². The molecule has 0 saturated carbocycles. The van der Waals surface area contributed by atoms with Crippen LogP contribution in [0.25, 0.3) is 0 Å². The monoisotopic (exact) mass is 294 g/mol. The molecular formula is C17H30N2O2. The van der Waals surface area contributed by atoms with Crippen LogP contribution in [0, 0.1) is 0 Å². The number of rotatable bonds is 10. The van der Waals surface area contributed by atoms with Crippen LogP contribution in [0.3, 0.4) is 0 Å². The summed E-state index contributed by atoms with van der Waals surface area (Å²) < 4.78 is 5.60. The fourth-order valence-corrected chi connectivity index (χ4v) is 2.53. The van der Waals surface area contributed by atoms with Gasteiger partial charge in [-0.1, -0.05) is 37.3 Å². The average Bonchev–Trinajstić information content (AvgIpc) is 2.47. The summed E-state index contributed by atoms with van der Waals surface area (Å²) in [7, 11) is 2.06. The van der Waals surface area contributed by atoms with Crippen molar-refractivity contribution >= 4 is 0 Å². The lowest BCUT2D eigenvalue weighted by Gasteiger charge is -2.37. The summed E-state index contributed by atoms with van der Waals surface area (Å²) in [6, 6.07) is 10.2. The van der Waals surface area contributed by atoms with Gasteiger partial charge >= 0.3 is 0 Å². The zero-order valence-electron chi connectivity index (χ0n) is 13.8. The molecule has 1 rings (SSSR count). The highest BCUT2D eigenvalue weighted by Crippen LogP contribution is 2.21. The minimum atomic E-state index is -0.428. The number of aliphatic hydroxyl groups is 1. The minimum absolute atomic E-state index is 0.0697. The van der Waals surface area contributed by atoms with Crippen LogP contribution in [-0.4, -0.2) is 56.0 Å². The van der Waals surface area contributed by atoms with Crippen LogP contribution in [0.15, 0.2) is 30.3 Å². The molecule has 0 aliphatic heterocycles. The van der Waals surface area contributed by atoms with E-state index in [2.05, 4.69) is 36.3 Å². The Hall–Kier alpha value is -0.940. The first-order chi connectivity index (χ1) is 10.0. The molecule has 1 aromatic rings. The maximum absolute atomic E-state index is 10.0. The van der Waals surface area contributed by atoms with Crippen LogP contribution in [0.2, 0.25) is 0 Å². The number of nitrogens with one attached hydrogen (secondary N) is 1. The molecule has 0 amide bonds. The first-order valence-corrected chi connectivity index (χ1v) is 7.75. The van der Waals surface area contributed by atoms with Gasteiger partial charge in [0.05, 0.1) is 24.9 Å². The molecule has 4 heteroatoms. The largest absolute Gasteiger partial charge is 0.394 e. The Labute approximate surface area is 129 Å². The molecule has 0 aromatic heterocycles.